The lowest BCUT2D eigenvalue weighted by molar-refractivity contribution is -0.148. The summed E-state index contributed by atoms with van der Waals surface area (Å²) in [7, 11) is -5.10. The van der Waals surface area contributed by atoms with Crippen molar-refractivity contribution in [2.45, 2.75) is 62.6 Å². The van der Waals surface area contributed by atoms with Gasteiger partial charge in [-0.15, -0.1) is 0 Å². The summed E-state index contributed by atoms with van der Waals surface area (Å²) in [6.07, 6.45) is 6.20. The maximum Gasteiger partial charge on any atom is 0.479 e. The van der Waals surface area contributed by atoms with E-state index in [4.69, 9.17) is 15.0 Å². The highest BCUT2D eigenvalue weighted by Crippen LogP contribution is 2.38. The van der Waals surface area contributed by atoms with E-state index in [0.717, 1.165) is 32.1 Å². The molecule has 0 aliphatic heterocycles. The van der Waals surface area contributed by atoms with Crippen molar-refractivity contribution in [2.75, 3.05) is 13.1 Å². The first kappa shape index (κ1) is 31.5. The Hall–Kier alpha value is -2.77. The van der Waals surface area contributed by atoms with E-state index < -0.39 is 28.6 Å². The Morgan fingerprint density at radius 1 is 0.947 bits per heavy atom. The lowest BCUT2D eigenvalue weighted by atomic mass is 9.82. The average Bonchev–Trinajstić information content (AvgIpc) is 3.42. The Morgan fingerprint density at radius 2 is 1.55 bits per heavy atom. The molecular formula is C26H38BN3O7S. The van der Waals surface area contributed by atoms with E-state index in [-0.39, 0.29) is 10.8 Å². The average molecular weight is 547 g/mol. The number of rotatable bonds is 13. The molecule has 0 saturated heterocycles. The van der Waals surface area contributed by atoms with Crippen LogP contribution in [-0.4, -0.2) is 50.0 Å². The smallest absolute Gasteiger partial charge is 0.426 e. The lowest BCUT2D eigenvalue weighted by Gasteiger charge is -2.26. The number of hydrogen-bond donors (Lipinski definition) is 5. The second-order valence-corrected chi connectivity index (χ2v) is 10.6. The van der Waals surface area contributed by atoms with Gasteiger partial charge in [-0.05, 0) is 62.7 Å². The molecule has 1 aliphatic rings. The van der Waals surface area contributed by atoms with Crippen LogP contribution in [0.15, 0.2) is 65.6 Å². The van der Waals surface area contributed by atoms with E-state index in [1.807, 2.05) is 18.2 Å². The second kappa shape index (κ2) is 16.3. The van der Waals surface area contributed by atoms with Crippen LogP contribution in [0.2, 0.25) is 6.32 Å². The lowest BCUT2D eigenvalue weighted by Crippen LogP contribution is -2.51. The van der Waals surface area contributed by atoms with Crippen LogP contribution in [0, 0.1) is 5.41 Å². The molecule has 1 fully saturated rings. The number of carbonyl (C=O) groups is 2. The number of hydroxylamine groups is 1. The summed E-state index contributed by atoms with van der Waals surface area (Å²) in [6.45, 7) is 1.07. The molecule has 2 amide bonds. The molecule has 0 heterocycles. The zero-order chi connectivity index (χ0) is 27.9. The number of hydrogen-bond acceptors (Lipinski definition) is 7. The molecule has 208 valence electrons. The Kier molecular flexibility index (Phi) is 13.5. The molecule has 1 aliphatic carbocycles. The molecule has 6 N–H and O–H groups in total. The van der Waals surface area contributed by atoms with Gasteiger partial charge in [-0.1, -0.05) is 67.8 Å². The standard InChI is InChI=1S/C20H32BN3O4.C6H6O3S/c22-15-7-6-14-21(27)28-24-19(26)20(12-4-5-13-20)18(25)23-16-8-11-17-9-2-1-3-10-17;7-10(8,9)6-4-2-1-3-5-6/h1-3,9-10,27H,4-8,11-16,22H2,(H,23,25)(H,24,26);1-5H,(H,7,8,9). The fourth-order valence-corrected chi connectivity index (χ4v) is 4.68. The SMILES string of the molecule is NCCCCB(O)ONC(=O)C1(C(=O)NCCCc2ccccc2)CCCC1.O=S(=O)(O)c1ccccc1. The van der Waals surface area contributed by atoms with Gasteiger partial charge in [-0.2, -0.15) is 8.42 Å². The van der Waals surface area contributed by atoms with Gasteiger partial charge in [-0.25, -0.2) is 5.48 Å². The molecule has 2 aromatic carbocycles. The van der Waals surface area contributed by atoms with Gasteiger partial charge < -0.3 is 16.1 Å². The maximum absolute atomic E-state index is 12.8. The van der Waals surface area contributed by atoms with Gasteiger partial charge in [0.1, 0.15) is 5.41 Å². The molecule has 38 heavy (non-hydrogen) atoms. The maximum atomic E-state index is 12.8. The van der Waals surface area contributed by atoms with Crippen molar-refractivity contribution >= 4 is 29.1 Å². The molecule has 0 spiro atoms. The van der Waals surface area contributed by atoms with E-state index in [1.165, 1.54) is 17.7 Å². The van der Waals surface area contributed by atoms with Crippen LogP contribution >= 0.6 is 0 Å². The summed E-state index contributed by atoms with van der Waals surface area (Å²) in [4.78, 5) is 25.4. The first-order valence-corrected chi connectivity index (χ1v) is 14.3. The molecule has 1 saturated carbocycles. The Morgan fingerprint density at radius 3 is 2.11 bits per heavy atom. The monoisotopic (exact) mass is 547 g/mol. The minimum atomic E-state index is -4.00. The predicted molar refractivity (Wildman–Crippen MR) is 145 cm³/mol. The number of unbranched alkanes of at least 4 members (excludes halogenated alkanes) is 1. The third-order valence-electron chi connectivity index (χ3n) is 6.33. The second-order valence-electron chi connectivity index (χ2n) is 9.21. The summed E-state index contributed by atoms with van der Waals surface area (Å²) in [5.74, 6) is -0.722. The molecule has 10 nitrogen and oxygen atoms in total. The Balaban J connectivity index is 0.000000423. The number of aryl methyl sites for hydroxylation is 1. The summed E-state index contributed by atoms with van der Waals surface area (Å²) < 4.78 is 34.3. The van der Waals surface area contributed by atoms with Gasteiger partial charge in [0.15, 0.2) is 0 Å². The largest absolute Gasteiger partial charge is 0.479 e. The third kappa shape index (κ3) is 10.5. The first-order chi connectivity index (χ1) is 18.2. The summed E-state index contributed by atoms with van der Waals surface area (Å²) >= 11 is 0. The van der Waals surface area contributed by atoms with Crippen molar-refractivity contribution in [2.24, 2.45) is 11.1 Å². The molecule has 2 aromatic rings. The van der Waals surface area contributed by atoms with Gasteiger partial charge in [0, 0.05) is 6.54 Å². The highest BCUT2D eigenvalue weighted by atomic mass is 32.2. The zero-order valence-corrected chi connectivity index (χ0v) is 22.4. The van der Waals surface area contributed by atoms with Crippen LogP contribution in [0.25, 0.3) is 0 Å². The zero-order valence-electron chi connectivity index (χ0n) is 21.6. The van der Waals surface area contributed by atoms with Crippen molar-refractivity contribution in [1.82, 2.24) is 10.8 Å². The molecule has 0 bridgehead atoms. The van der Waals surface area contributed by atoms with E-state index in [0.29, 0.717) is 38.7 Å². The van der Waals surface area contributed by atoms with Gasteiger partial charge in [0.2, 0.25) is 5.91 Å². The molecule has 12 heteroatoms. The molecule has 0 radical (unpaired) electrons. The minimum Gasteiger partial charge on any atom is -0.426 e. The number of benzene rings is 2. The van der Waals surface area contributed by atoms with Crippen LogP contribution in [0.4, 0.5) is 0 Å². The van der Waals surface area contributed by atoms with Crippen LogP contribution in [0.1, 0.15) is 50.5 Å². The molecule has 0 unspecified atom stereocenters. The van der Waals surface area contributed by atoms with Crippen LogP contribution in [-0.2, 0) is 30.9 Å². The van der Waals surface area contributed by atoms with Crippen LogP contribution in [0.5, 0.6) is 0 Å². The Labute approximate surface area is 225 Å². The highest BCUT2D eigenvalue weighted by Gasteiger charge is 2.48. The Bertz CT molecular complexity index is 1080. The number of amides is 2. The van der Waals surface area contributed by atoms with Crippen LogP contribution < -0.4 is 16.5 Å². The van der Waals surface area contributed by atoms with E-state index >= 15 is 0 Å². The number of carbonyl (C=O) groups excluding carboxylic acids is 2. The van der Waals surface area contributed by atoms with Crippen molar-refractivity contribution in [3.8, 4) is 0 Å². The number of nitrogens with one attached hydrogen (secondary N) is 2. The highest BCUT2D eigenvalue weighted by molar-refractivity contribution is 7.85. The minimum absolute atomic E-state index is 0.0741. The van der Waals surface area contributed by atoms with Crippen LogP contribution in [0.3, 0.4) is 0 Å². The molecular weight excluding hydrogens is 509 g/mol. The normalized spacial score (nSPS) is 14.2. The summed E-state index contributed by atoms with van der Waals surface area (Å²) in [5.41, 5.74) is 7.84. The van der Waals surface area contributed by atoms with E-state index in [9.17, 15) is 23.0 Å². The van der Waals surface area contributed by atoms with Gasteiger partial charge in [0.25, 0.3) is 16.0 Å². The fourth-order valence-electron chi connectivity index (χ4n) is 4.18. The fraction of sp³-hybridized carbons (Fsp3) is 0.462. The first-order valence-electron chi connectivity index (χ1n) is 12.9. The van der Waals surface area contributed by atoms with Crippen molar-refractivity contribution < 1.29 is 32.3 Å². The van der Waals surface area contributed by atoms with Gasteiger partial charge in [0.05, 0.1) is 4.90 Å². The summed E-state index contributed by atoms with van der Waals surface area (Å²) in [6, 6.07) is 17.5. The van der Waals surface area contributed by atoms with Gasteiger partial charge >= 0.3 is 7.12 Å². The third-order valence-corrected chi connectivity index (χ3v) is 7.20. The summed E-state index contributed by atoms with van der Waals surface area (Å²) in [5, 5.41) is 12.7. The molecule has 0 aromatic heterocycles. The molecule has 3 rings (SSSR count). The number of nitrogens with two attached hydrogens (primary N) is 1. The van der Waals surface area contributed by atoms with E-state index in [1.54, 1.807) is 18.2 Å². The van der Waals surface area contributed by atoms with Crippen molar-refractivity contribution in [1.29, 1.82) is 0 Å². The van der Waals surface area contributed by atoms with Gasteiger partial charge in [-0.3, -0.25) is 18.9 Å². The van der Waals surface area contributed by atoms with Crippen molar-refractivity contribution in [3.05, 3.63) is 66.2 Å². The van der Waals surface area contributed by atoms with E-state index in [2.05, 4.69) is 22.9 Å². The quantitative estimate of drug-likeness (QED) is 0.0838. The predicted octanol–water partition coefficient (Wildman–Crippen LogP) is 2.50. The molecule has 0 atom stereocenters. The van der Waals surface area contributed by atoms with Crippen molar-refractivity contribution in [3.63, 3.8) is 0 Å². The topological polar surface area (TPSA) is 168 Å².